The van der Waals surface area contributed by atoms with Crippen LogP contribution in [0.15, 0.2) is 18.2 Å². The molecule has 5 N–H and O–H groups in total. The molecule has 0 spiro atoms. The lowest BCUT2D eigenvalue weighted by molar-refractivity contribution is 0.0547. The number of benzene rings is 1. The van der Waals surface area contributed by atoms with E-state index in [1.165, 1.54) is 12.8 Å². The van der Waals surface area contributed by atoms with Crippen LogP contribution in [0.1, 0.15) is 31.2 Å². The van der Waals surface area contributed by atoms with Crippen molar-refractivity contribution in [2.45, 2.75) is 38.3 Å². The van der Waals surface area contributed by atoms with Crippen molar-refractivity contribution in [2.75, 3.05) is 69.7 Å². The second kappa shape index (κ2) is 14.4. The predicted molar refractivity (Wildman–Crippen MR) is 132 cm³/mol. The van der Waals surface area contributed by atoms with E-state index in [1.54, 1.807) is 14.2 Å². The van der Waals surface area contributed by atoms with Crippen molar-refractivity contribution in [3.63, 3.8) is 0 Å². The second-order valence-electron chi connectivity index (χ2n) is 7.92. The van der Waals surface area contributed by atoms with Gasteiger partial charge in [-0.2, -0.15) is 15.0 Å². The zero-order chi connectivity index (χ0) is 24.0. The van der Waals surface area contributed by atoms with Crippen LogP contribution in [-0.4, -0.2) is 74.7 Å². The largest absolute Gasteiger partial charge is 0.493 e. The van der Waals surface area contributed by atoms with Crippen LogP contribution in [0.2, 0.25) is 0 Å². The number of hydrogen-bond donors (Lipinski definition) is 4. The lowest BCUT2D eigenvalue weighted by Gasteiger charge is -2.15. The van der Waals surface area contributed by atoms with E-state index in [0.29, 0.717) is 81.4 Å². The summed E-state index contributed by atoms with van der Waals surface area (Å²) in [5.74, 6) is 2.92. The summed E-state index contributed by atoms with van der Waals surface area (Å²) in [6.45, 7) is 3.71. The molecule has 188 valence electrons. The third-order valence-electron chi connectivity index (χ3n) is 5.39. The van der Waals surface area contributed by atoms with E-state index in [0.717, 1.165) is 18.4 Å². The molecular formula is C23H37N7O4. The third-order valence-corrected chi connectivity index (χ3v) is 5.39. The molecule has 0 atom stereocenters. The van der Waals surface area contributed by atoms with Gasteiger partial charge in [0.05, 0.1) is 40.6 Å². The van der Waals surface area contributed by atoms with Gasteiger partial charge >= 0.3 is 0 Å². The molecule has 11 nitrogen and oxygen atoms in total. The molecule has 1 fully saturated rings. The fourth-order valence-electron chi connectivity index (χ4n) is 3.66. The Morgan fingerprint density at radius 2 is 1.53 bits per heavy atom. The number of hydrogen-bond acceptors (Lipinski definition) is 11. The summed E-state index contributed by atoms with van der Waals surface area (Å²) in [6.07, 6.45) is 4.71. The smallest absolute Gasteiger partial charge is 0.229 e. The molecule has 0 radical (unpaired) electrons. The van der Waals surface area contributed by atoms with Crippen LogP contribution >= 0.6 is 0 Å². The van der Waals surface area contributed by atoms with Crippen LogP contribution in [0.4, 0.5) is 17.8 Å². The minimum Gasteiger partial charge on any atom is -0.493 e. The quantitative estimate of drug-likeness (QED) is 0.266. The number of rotatable bonds is 16. The highest BCUT2D eigenvalue weighted by Crippen LogP contribution is 2.28. The van der Waals surface area contributed by atoms with Crippen LogP contribution in [0, 0.1) is 0 Å². The molecule has 1 saturated carbocycles. The van der Waals surface area contributed by atoms with Crippen molar-refractivity contribution < 1.29 is 18.9 Å². The Morgan fingerprint density at radius 1 is 0.853 bits per heavy atom. The minimum absolute atomic E-state index is 0.394. The summed E-state index contributed by atoms with van der Waals surface area (Å²) in [5.41, 5.74) is 6.41. The average molecular weight is 476 g/mol. The van der Waals surface area contributed by atoms with Gasteiger partial charge < -0.3 is 40.6 Å². The number of anilines is 3. The molecule has 1 aliphatic rings. The highest BCUT2D eigenvalue weighted by molar-refractivity contribution is 5.46. The first-order valence-electron chi connectivity index (χ1n) is 11.8. The van der Waals surface area contributed by atoms with Gasteiger partial charge in [-0.25, -0.2) is 0 Å². The lowest BCUT2D eigenvalue weighted by Crippen LogP contribution is -2.20. The summed E-state index contributed by atoms with van der Waals surface area (Å²) in [7, 11) is 3.24. The molecule has 1 heterocycles. The van der Waals surface area contributed by atoms with E-state index in [1.807, 2.05) is 18.2 Å². The van der Waals surface area contributed by atoms with Gasteiger partial charge in [-0.05, 0) is 30.5 Å². The third kappa shape index (κ3) is 8.47. The van der Waals surface area contributed by atoms with Crippen LogP contribution in [0.5, 0.6) is 11.5 Å². The van der Waals surface area contributed by atoms with Crippen LogP contribution in [0.25, 0.3) is 0 Å². The maximum atomic E-state index is 5.56. The van der Waals surface area contributed by atoms with Gasteiger partial charge in [0, 0.05) is 25.7 Å². The molecule has 1 aromatic carbocycles. The van der Waals surface area contributed by atoms with E-state index in [2.05, 4.69) is 30.9 Å². The number of nitrogens with zero attached hydrogens (tertiary/aromatic N) is 3. The number of aromatic nitrogens is 3. The normalized spacial score (nSPS) is 13.6. The van der Waals surface area contributed by atoms with Gasteiger partial charge in [0.1, 0.15) is 0 Å². The Bertz CT molecular complexity index is 865. The van der Waals surface area contributed by atoms with Crippen molar-refractivity contribution in [1.29, 1.82) is 0 Å². The Labute approximate surface area is 201 Å². The topological polar surface area (TPSA) is 138 Å². The molecule has 0 saturated heterocycles. The molecular weight excluding hydrogens is 438 g/mol. The highest BCUT2D eigenvalue weighted by atomic mass is 16.5. The Kier molecular flexibility index (Phi) is 10.9. The Morgan fingerprint density at radius 3 is 2.24 bits per heavy atom. The van der Waals surface area contributed by atoms with Crippen molar-refractivity contribution in [1.82, 2.24) is 15.0 Å². The lowest BCUT2D eigenvalue weighted by atomic mass is 10.2. The van der Waals surface area contributed by atoms with E-state index >= 15 is 0 Å². The number of methoxy groups -OCH3 is 2. The summed E-state index contributed by atoms with van der Waals surface area (Å²) < 4.78 is 21.6. The SMILES string of the molecule is COc1ccc(CNc2nc(NCCOCCOCCN)nc(NC3CCCC3)n2)cc1OC. The van der Waals surface area contributed by atoms with Gasteiger partial charge in [-0.15, -0.1) is 0 Å². The molecule has 11 heteroatoms. The monoisotopic (exact) mass is 475 g/mol. The zero-order valence-electron chi connectivity index (χ0n) is 20.1. The standard InChI is InChI=1S/C23H37N7O4/c1-31-19-8-7-17(15-20(19)32-2)16-26-22-28-21(25-10-12-34-14-13-33-11-9-24)29-23(30-22)27-18-5-3-4-6-18/h7-8,15,18H,3-6,9-14,16,24H2,1-2H3,(H3,25,26,27,28,29,30). The van der Waals surface area contributed by atoms with Crippen LogP contribution in [-0.2, 0) is 16.0 Å². The number of ether oxygens (including phenoxy) is 4. The first-order chi connectivity index (χ1) is 16.7. The molecule has 1 aliphatic carbocycles. The fourth-order valence-corrected chi connectivity index (χ4v) is 3.66. The van der Waals surface area contributed by atoms with Crippen molar-refractivity contribution in [3.05, 3.63) is 23.8 Å². The van der Waals surface area contributed by atoms with Gasteiger partial charge in [-0.1, -0.05) is 18.9 Å². The summed E-state index contributed by atoms with van der Waals surface area (Å²) in [6, 6.07) is 6.18. The first kappa shape index (κ1) is 25.7. The highest BCUT2D eigenvalue weighted by Gasteiger charge is 2.17. The Balaban J connectivity index is 1.58. The van der Waals surface area contributed by atoms with E-state index < -0.39 is 0 Å². The minimum atomic E-state index is 0.394. The number of nitrogens with two attached hydrogens (primary N) is 1. The van der Waals surface area contributed by atoms with Gasteiger partial charge in [0.2, 0.25) is 17.8 Å². The van der Waals surface area contributed by atoms with E-state index in [4.69, 9.17) is 24.7 Å². The summed E-state index contributed by atoms with van der Waals surface area (Å²) >= 11 is 0. The maximum absolute atomic E-state index is 5.56. The van der Waals surface area contributed by atoms with Crippen LogP contribution in [0.3, 0.4) is 0 Å². The average Bonchev–Trinajstić information content (AvgIpc) is 3.37. The molecule has 0 unspecified atom stereocenters. The van der Waals surface area contributed by atoms with Gasteiger partial charge in [0.25, 0.3) is 0 Å². The van der Waals surface area contributed by atoms with Crippen molar-refractivity contribution in [3.8, 4) is 11.5 Å². The van der Waals surface area contributed by atoms with Gasteiger partial charge in [0.15, 0.2) is 11.5 Å². The second-order valence-corrected chi connectivity index (χ2v) is 7.92. The van der Waals surface area contributed by atoms with Crippen molar-refractivity contribution in [2.24, 2.45) is 5.73 Å². The fraction of sp³-hybridized carbons (Fsp3) is 0.609. The maximum Gasteiger partial charge on any atom is 0.229 e. The van der Waals surface area contributed by atoms with Crippen molar-refractivity contribution >= 4 is 17.8 Å². The molecule has 0 amide bonds. The predicted octanol–water partition coefficient (Wildman–Crippen LogP) is 2.26. The van der Waals surface area contributed by atoms with Crippen LogP contribution < -0.4 is 31.2 Å². The first-order valence-corrected chi connectivity index (χ1v) is 11.8. The molecule has 3 rings (SSSR count). The van der Waals surface area contributed by atoms with E-state index in [9.17, 15) is 0 Å². The Hall–Kier alpha value is -2.89. The molecule has 1 aromatic heterocycles. The molecule has 2 aromatic rings. The summed E-state index contributed by atoms with van der Waals surface area (Å²) in [4.78, 5) is 13.6. The van der Waals surface area contributed by atoms with Gasteiger partial charge in [-0.3, -0.25) is 0 Å². The molecule has 0 bridgehead atoms. The molecule has 34 heavy (non-hydrogen) atoms. The molecule has 0 aliphatic heterocycles. The number of nitrogens with one attached hydrogen (secondary N) is 3. The summed E-state index contributed by atoms with van der Waals surface area (Å²) in [5, 5.41) is 9.96. The zero-order valence-corrected chi connectivity index (χ0v) is 20.1. The van der Waals surface area contributed by atoms with E-state index in [-0.39, 0.29) is 0 Å².